The molecule has 0 atom stereocenters. The van der Waals surface area contributed by atoms with Crippen LogP contribution < -0.4 is 5.32 Å². The summed E-state index contributed by atoms with van der Waals surface area (Å²) in [6.07, 6.45) is 0. The Balaban J connectivity index is 1.82. The summed E-state index contributed by atoms with van der Waals surface area (Å²) in [6, 6.07) is 20.7. The summed E-state index contributed by atoms with van der Waals surface area (Å²) in [6.45, 7) is 0. The second-order valence-electron chi connectivity index (χ2n) is 6.09. The number of nitrogens with one attached hydrogen (secondary N) is 1. The first-order chi connectivity index (χ1) is 13.7. The highest BCUT2D eigenvalue weighted by molar-refractivity contribution is 5.94. The Hall–Kier alpha value is -3.80. The summed E-state index contributed by atoms with van der Waals surface area (Å²) < 4.78 is 19.0. The first kappa shape index (κ1) is 17.6. The number of aromatic nitrogens is 2. The van der Waals surface area contributed by atoms with E-state index in [0.29, 0.717) is 28.1 Å². The van der Waals surface area contributed by atoms with Crippen LogP contribution in [-0.2, 0) is 4.74 Å². The van der Waals surface area contributed by atoms with Gasteiger partial charge in [-0.1, -0.05) is 30.3 Å². The van der Waals surface area contributed by atoms with Gasteiger partial charge in [-0.2, -0.15) is 0 Å². The van der Waals surface area contributed by atoms with E-state index in [0.717, 1.165) is 5.39 Å². The molecule has 138 valence electrons. The number of hydrogen-bond acceptors (Lipinski definition) is 5. The van der Waals surface area contributed by atoms with Gasteiger partial charge in [0.2, 0.25) is 0 Å². The number of nitrogens with zero attached hydrogens (tertiary/aromatic N) is 2. The van der Waals surface area contributed by atoms with Gasteiger partial charge in [0.15, 0.2) is 5.82 Å². The molecule has 5 nitrogen and oxygen atoms in total. The topological polar surface area (TPSA) is 64.1 Å². The van der Waals surface area contributed by atoms with E-state index < -0.39 is 11.8 Å². The molecule has 1 aromatic heterocycles. The maximum Gasteiger partial charge on any atom is 0.337 e. The lowest BCUT2D eigenvalue weighted by atomic mass is 10.1. The summed E-state index contributed by atoms with van der Waals surface area (Å²) >= 11 is 0. The predicted octanol–water partition coefficient (Wildman–Crippen LogP) is 4.97. The molecule has 28 heavy (non-hydrogen) atoms. The van der Waals surface area contributed by atoms with E-state index in [-0.39, 0.29) is 5.82 Å². The van der Waals surface area contributed by atoms with Crippen LogP contribution in [0.4, 0.5) is 15.9 Å². The molecule has 1 heterocycles. The lowest BCUT2D eigenvalue weighted by Gasteiger charge is -2.12. The van der Waals surface area contributed by atoms with Crippen molar-refractivity contribution in [3.05, 3.63) is 84.2 Å². The zero-order valence-corrected chi connectivity index (χ0v) is 15.0. The summed E-state index contributed by atoms with van der Waals surface area (Å²) in [5, 5.41) is 4.00. The number of anilines is 2. The lowest BCUT2D eigenvalue weighted by molar-refractivity contribution is 0.0601. The number of carbonyl (C=O) groups excluding carboxylic acids is 1. The number of hydrogen-bond donors (Lipinski definition) is 1. The number of esters is 1. The average molecular weight is 373 g/mol. The molecule has 0 saturated carbocycles. The molecule has 0 spiro atoms. The van der Waals surface area contributed by atoms with Crippen molar-refractivity contribution in [2.24, 2.45) is 0 Å². The van der Waals surface area contributed by atoms with Gasteiger partial charge in [-0.15, -0.1) is 0 Å². The average Bonchev–Trinajstić information content (AvgIpc) is 2.73. The van der Waals surface area contributed by atoms with E-state index in [9.17, 15) is 9.18 Å². The summed E-state index contributed by atoms with van der Waals surface area (Å²) in [4.78, 5) is 20.8. The number of halogens is 1. The molecule has 0 fully saturated rings. The fraction of sp³-hybridized carbons (Fsp3) is 0.0455. The van der Waals surface area contributed by atoms with Crippen molar-refractivity contribution in [1.29, 1.82) is 0 Å². The standard InChI is InChI=1S/C22H16FN3O2/c1-28-22(27)14-7-6-8-15(13-14)24-21-17-10-3-5-12-19(17)25-20(26-21)16-9-2-4-11-18(16)23/h2-13H,1H3,(H,24,25,26). The zero-order chi connectivity index (χ0) is 19.5. The van der Waals surface area contributed by atoms with E-state index in [1.165, 1.54) is 13.2 Å². The van der Waals surface area contributed by atoms with Crippen LogP contribution in [-0.4, -0.2) is 23.0 Å². The van der Waals surface area contributed by atoms with Gasteiger partial charge in [-0.3, -0.25) is 0 Å². The van der Waals surface area contributed by atoms with Gasteiger partial charge in [0.25, 0.3) is 0 Å². The number of benzene rings is 3. The van der Waals surface area contributed by atoms with Gasteiger partial charge in [-0.05, 0) is 42.5 Å². The van der Waals surface area contributed by atoms with E-state index >= 15 is 0 Å². The van der Waals surface area contributed by atoms with Crippen molar-refractivity contribution in [2.45, 2.75) is 0 Å². The molecule has 0 radical (unpaired) electrons. The zero-order valence-electron chi connectivity index (χ0n) is 15.0. The molecular formula is C22H16FN3O2. The summed E-state index contributed by atoms with van der Waals surface area (Å²) in [7, 11) is 1.33. The fourth-order valence-electron chi connectivity index (χ4n) is 2.91. The van der Waals surface area contributed by atoms with Crippen LogP contribution in [0.2, 0.25) is 0 Å². The Morgan fingerprint density at radius 1 is 0.964 bits per heavy atom. The Bertz CT molecular complexity index is 1180. The van der Waals surface area contributed by atoms with Gasteiger partial charge in [-0.25, -0.2) is 19.2 Å². The largest absolute Gasteiger partial charge is 0.465 e. The Labute approximate surface area is 160 Å². The molecule has 0 unspecified atom stereocenters. The molecule has 3 aromatic carbocycles. The number of ether oxygens (including phenoxy) is 1. The Kier molecular flexibility index (Phi) is 4.68. The molecular weight excluding hydrogens is 357 g/mol. The SMILES string of the molecule is COC(=O)c1cccc(Nc2nc(-c3ccccc3F)nc3ccccc23)c1. The van der Waals surface area contributed by atoms with Crippen molar-refractivity contribution in [3.63, 3.8) is 0 Å². The van der Waals surface area contributed by atoms with Crippen molar-refractivity contribution in [2.75, 3.05) is 12.4 Å². The third-order valence-corrected chi connectivity index (χ3v) is 4.26. The minimum atomic E-state index is -0.428. The van der Waals surface area contributed by atoms with Gasteiger partial charge in [0.05, 0.1) is 23.8 Å². The summed E-state index contributed by atoms with van der Waals surface area (Å²) in [5.41, 5.74) is 2.08. The van der Waals surface area contributed by atoms with Crippen LogP contribution >= 0.6 is 0 Å². The van der Waals surface area contributed by atoms with Crippen LogP contribution in [0.1, 0.15) is 10.4 Å². The van der Waals surface area contributed by atoms with E-state index in [4.69, 9.17) is 4.74 Å². The highest BCUT2D eigenvalue weighted by atomic mass is 19.1. The van der Waals surface area contributed by atoms with Gasteiger partial charge in [0.1, 0.15) is 11.6 Å². The molecule has 0 bridgehead atoms. The first-order valence-electron chi connectivity index (χ1n) is 8.63. The smallest absolute Gasteiger partial charge is 0.337 e. The first-order valence-corrected chi connectivity index (χ1v) is 8.63. The highest BCUT2D eigenvalue weighted by Crippen LogP contribution is 2.28. The van der Waals surface area contributed by atoms with Gasteiger partial charge < -0.3 is 10.1 Å². The normalized spacial score (nSPS) is 10.6. The third kappa shape index (κ3) is 3.40. The monoisotopic (exact) mass is 373 g/mol. The maximum atomic E-state index is 14.3. The molecule has 0 amide bonds. The van der Waals surface area contributed by atoms with Crippen LogP contribution in [0.3, 0.4) is 0 Å². The van der Waals surface area contributed by atoms with E-state index in [2.05, 4.69) is 15.3 Å². The number of methoxy groups -OCH3 is 1. The molecule has 0 aliphatic heterocycles. The quantitative estimate of drug-likeness (QED) is 0.512. The maximum absolute atomic E-state index is 14.3. The van der Waals surface area contributed by atoms with Gasteiger partial charge >= 0.3 is 5.97 Å². The molecule has 0 aliphatic carbocycles. The van der Waals surface area contributed by atoms with E-state index in [1.54, 1.807) is 36.4 Å². The lowest BCUT2D eigenvalue weighted by Crippen LogP contribution is -2.03. The van der Waals surface area contributed by atoms with Crippen molar-refractivity contribution >= 4 is 28.4 Å². The number of fused-ring (bicyclic) bond motifs is 1. The van der Waals surface area contributed by atoms with Crippen molar-refractivity contribution in [1.82, 2.24) is 9.97 Å². The van der Waals surface area contributed by atoms with Crippen molar-refractivity contribution < 1.29 is 13.9 Å². The Morgan fingerprint density at radius 2 is 1.75 bits per heavy atom. The minimum Gasteiger partial charge on any atom is -0.465 e. The second-order valence-corrected chi connectivity index (χ2v) is 6.09. The number of para-hydroxylation sites is 1. The molecule has 4 aromatic rings. The van der Waals surface area contributed by atoms with Crippen LogP contribution in [0.15, 0.2) is 72.8 Å². The molecule has 6 heteroatoms. The fourth-order valence-corrected chi connectivity index (χ4v) is 2.91. The Morgan fingerprint density at radius 3 is 2.57 bits per heavy atom. The van der Waals surface area contributed by atoms with Crippen LogP contribution in [0, 0.1) is 5.82 Å². The predicted molar refractivity (Wildman–Crippen MR) is 106 cm³/mol. The molecule has 1 N–H and O–H groups in total. The molecule has 0 aliphatic rings. The molecule has 0 saturated heterocycles. The van der Waals surface area contributed by atoms with E-state index in [1.807, 2.05) is 30.3 Å². The third-order valence-electron chi connectivity index (χ3n) is 4.26. The number of carbonyl (C=O) groups is 1. The molecule has 4 rings (SSSR count). The summed E-state index contributed by atoms with van der Waals surface area (Å²) in [5.74, 6) is -0.0195. The van der Waals surface area contributed by atoms with Crippen molar-refractivity contribution in [3.8, 4) is 11.4 Å². The minimum absolute atomic E-state index is 0.281. The highest BCUT2D eigenvalue weighted by Gasteiger charge is 2.13. The second kappa shape index (κ2) is 7.44. The van der Waals surface area contributed by atoms with Crippen LogP contribution in [0.5, 0.6) is 0 Å². The van der Waals surface area contributed by atoms with Crippen LogP contribution in [0.25, 0.3) is 22.3 Å². The van der Waals surface area contributed by atoms with Gasteiger partial charge in [0, 0.05) is 11.1 Å². The number of rotatable bonds is 4.